The third-order valence-electron chi connectivity index (χ3n) is 5.85. The zero-order chi connectivity index (χ0) is 24.1. The van der Waals surface area contributed by atoms with E-state index >= 15 is 0 Å². The number of ketones is 1. The van der Waals surface area contributed by atoms with Gasteiger partial charge in [0.15, 0.2) is 0 Å². The van der Waals surface area contributed by atoms with Crippen molar-refractivity contribution in [3.63, 3.8) is 0 Å². The molecule has 0 saturated carbocycles. The molecule has 1 fully saturated rings. The van der Waals surface area contributed by atoms with Crippen molar-refractivity contribution in [2.45, 2.75) is 39.2 Å². The second-order valence-electron chi connectivity index (χ2n) is 8.99. The molecule has 1 amide bonds. The molecule has 6 heteroatoms. The zero-order valence-electron chi connectivity index (χ0n) is 20.2. The van der Waals surface area contributed by atoms with Crippen LogP contribution in [0.2, 0.25) is 0 Å². The number of benzene rings is 2. The fraction of sp³-hybridized carbons (Fsp3) is 0.407. The van der Waals surface area contributed by atoms with Crippen molar-refractivity contribution in [1.82, 2.24) is 9.80 Å². The van der Waals surface area contributed by atoms with Crippen molar-refractivity contribution in [1.29, 1.82) is 0 Å². The molecule has 1 saturated heterocycles. The van der Waals surface area contributed by atoms with Crippen LogP contribution in [0.1, 0.15) is 55.8 Å². The number of likely N-dealkylation sites (N-methyl/N-ethyl adjacent to an activating group) is 1. The highest BCUT2D eigenvalue weighted by Crippen LogP contribution is 2.39. The largest absolute Gasteiger partial charge is 0.507 e. The van der Waals surface area contributed by atoms with E-state index in [0.29, 0.717) is 36.9 Å². The van der Waals surface area contributed by atoms with Crippen LogP contribution in [0.5, 0.6) is 5.75 Å². The van der Waals surface area contributed by atoms with Gasteiger partial charge in [0.2, 0.25) is 0 Å². The lowest BCUT2D eigenvalue weighted by molar-refractivity contribution is -0.140. The molecule has 0 unspecified atom stereocenters. The van der Waals surface area contributed by atoms with Gasteiger partial charge in [-0.2, -0.15) is 0 Å². The van der Waals surface area contributed by atoms with E-state index in [4.69, 9.17) is 4.74 Å². The second-order valence-corrected chi connectivity index (χ2v) is 8.99. The fourth-order valence-electron chi connectivity index (χ4n) is 3.91. The highest BCUT2D eigenvalue weighted by molar-refractivity contribution is 6.46. The number of amides is 1. The Morgan fingerprint density at radius 3 is 2.24 bits per heavy atom. The maximum Gasteiger partial charge on any atom is 0.295 e. The van der Waals surface area contributed by atoms with Gasteiger partial charge in [0, 0.05) is 18.7 Å². The van der Waals surface area contributed by atoms with Crippen LogP contribution in [-0.2, 0) is 9.59 Å². The van der Waals surface area contributed by atoms with E-state index < -0.39 is 17.7 Å². The van der Waals surface area contributed by atoms with Gasteiger partial charge in [-0.3, -0.25) is 9.59 Å². The molecule has 2 aromatic rings. The van der Waals surface area contributed by atoms with Crippen LogP contribution in [0.25, 0.3) is 5.76 Å². The summed E-state index contributed by atoms with van der Waals surface area (Å²) >= 11 is 0. The lowest BCUT2D eigenvalue weighted by Crippen LogP contribution is -2.35. The van der Waals surface area contributed by atoms with Gasteiger partial charge >= 0.3 is 0 Å². The van der Waals surface area contributed by atoms with E-state index in [2.05, 4.69) is 13.8 Å². The van der Waals surface area contributed by atoms with Crippen molar-refractivity contribution in [3.05, 3.63) is 70.8 Å². The molecule has 0 radical (unpaired) electrons. The Balaban J connectivity index is 2.05. The Morgan fingerprint density at radius 2 is 1.70 bits per heavy atom. The van der Waals surface area contributed by atoms with Crippen LogP contribution in [0.4, 0.5) is 0 Å². The number of aliphatic hydroxyl groups excluding tert-OH is 1. The lowest BCUT2D eigenvalue weighted by atomic mass is 9.93. The van der Waals surface area contributed by atoms with Crippen LogP contribution in [0.3, 0.4) is 0 Å². The van der Waals surface area contributed by atoms with Gasteiger partial charge in [-0.15, -0.1) is 0 Å². The average molecular weight is 451 g/mol. The normalized spacial score (nSPS) is 17.9. The van der Waals surface area contributed by atoms with Gasteiger partial charge < -0.3 is 19.6 Å². The van der Waals surface area contributed by atoms with E-state index in [9.17, 15) is 14.7 Å². The average Bonchev–Trinajstić information content (AvgIpc) is 3.06. The molecule has 1 aliphatic heterocycles. The number of aliphatic hydroxyl groups is 1. The molecule has 0 aromatic heterocycles. The maximum atomic E-state index is 13.1. The number of nitrogens with zero attached hydrogens (tertiary/aromatic N) is 2. The molecule has 0 aliphatic carbocycles. The number of carbonyl (C=O) groups is 2. The number of hydrogen-bond acceptors (Lipinski definition) is 5. The second kappa shape index (κ2) is 10.7. The summed E-state index contributed by atoms with van der Waals surface area (Å²) in [7, 11) is 3.84. The molecule has 6 nitrogen and oxygen atoms in total. The third kappa shape index (κ3) is 5.45. The van der Waals surface area contributed by atoms with E-state index in [0.717, 1.165) is 12.0 Å². The molecule has 2 aromatic carbocycles. The van der Waals surface area contributed by atoms with Crippen LogP contribution in [0.15, 0.2) is 54.1 Å². The van der Waals surface area contributed by atoms with Crippen molar-refractivity contribution in [2.24, 2.45) is 0 Å². The topological polar surface area (TPSA) is 70.1 Å². The summed E-state index contributed by atoms with van der Waals surface area (Å²) in [6, 6.07) is 14.3. The van der Waals surface area contributed by atoms with Crippen LogP contribution < -0.4 is 4.74 Å². The summed E-state index contributed by atoms with van der Waals surface area (Å²) in [6.45, 7) is 7.86. The number of likely N-dealkylation sites (tertiary alicyclic amines) is 1. The molecule has 1 aliphatic rings. The van der Waals surface area contributed by atoms with Gasteiger partial charge in [-0.05, 0) is 61.8 Å². The maximum absolute atomic E-state index is 13.1. The minimum absolute atomic E-state index is 0.123. The molecule has 3 rings (SSSR count). The molecule has 33 heavy (non-hydrogen) atoms. The number of Topliss-reactive ketones (excluding diaryl/α,β-unsaturated/α-hetero) is 1. The molecule has 0 bridgehead atoms. The summed E-state index contributed by atoms with van der Waals surface area (Å²) in [5.41, 5.74) is 2.58. The zero-order valence-corrected chi connectivity index (χ0v) is 20.2. The van der Waals surface area contributed by atoms with Gasteiger partial charge in [-0.1, -0.05) is 45.0 Å². The quantitative estimate of drug-likeness (QED) is 0.344. The van der Waals surface area contributed by atoms with E-state index in [1.807, 2.05) is 50.2 Å². The molecule has 1 heterocycles. The van der Waals surface area contributed by atoms with Crippen molar-refractivity contribution < 1.29 is 19.4 Å². The van der Waals surface area contributed by atoms with Crippen LogP contribution in [-0.4, -0.2) is 60.4 Å². The Labute approximate surface area is 196 Å². The third-order valence-corrected chi connectivity index (χ3v) is 5.85. The summed E-state index contributed by atoms with van der Waals surface area (Å²) < 4.78 is 5.61. The SMILES string of the molecule is CCCOc1ccc(/C(O)=C2\C(=O)C(=O)N(CCN(C)C)[C@@H]2c2ccc(C(C)C)cc2)cc1. The number of rotatable bonds is 9. The van der Waals surface area contributed by atoms with Crippen LogP contribution in [0, 0.1) is 0 Å². The Kier molecular flexibility index (Phi) is 7.92. The first kappa shape index (κ1) is 24.5. The molecule has 1 atom stereocenters. The van der Waals surface area contributed by atoms with E-state index in [1.165, 1.54) is 5.56 Å². The van der Waals surface area contributed by atoms with Gasteiger partial charge in [-0.25, -0.2) is 0 Å². The first-order valence-electron chi connectivity index (χ1n) is 11.5. The smallest absolute Gasteiger partial charge is 0.295 e. The van der Waals surface area contributed by atoms with E-state index in [1.54, 1.807) is 29.2 Å². The highest BCUT2D eigenvalue weighted by Gasteiger charge is 2.45. The predicted molar refractivity (Wildman–Crippen MR) is 130 cm³/mol. The molecule has 1 N–H and O–H groups in total. The summed E-state index contributed by atoms with van der Waals surface area (Å²) in [5, 5.41) is 11.2. The standard InChI is InChI=1S/C27H34N2O4/c1-6-17-33-22-13-11-21(12-14-22)25(30)23-24(20-9-7-19(8-10-20)18(2)3)29(16-15-28(4)5)27(32)26(23)31/h7-14,18,24,30H,6,15-17H2,1-5H3/b25-23+/t24-/m1/s1. The highest BCUT2D eigenvalue weighted by atomic mass is 16.5. The predicted octanol–water partition coefficient (Wildman–Crippen LogP) is 4.58. The van der Waals surface area contributed by atoms with Crippen LogP contribution >= 0.6 is 0 Å². The molecule has 176 valence electrons. The fourth-order valence-corrected chi connectivity index (χ4v) is 3.91. The molecular weight excluding hydrogens is 416 g/mol. The first-order chi connectivity index (χ1) is 15.7. The Bertz CT molecular complexity index is 1010. The van der Waals surface area contributed by atoms with Crippen molar-refractivity contribution in [2.75, 3.05) is 33.8 Å². The van der Waals surface area contributed by atoms with Crippen molar-refractivity contribution in [3.8, 4) is 5.75 Å². The minimum Gasteiger partial charge on any atom is -0.507 e. The van der Waals surface area contributed by atoms with Crippen molar-refractivity contribution >= 4 is 17.4 Å². The lowest BCUT2D eigenvalue weighted by Gasteiger charge is -2.27. The number of ether oxygens (including phenoxy) is 1. The summed E-state index contributed by atoms with van der Waals surface area (Å²) in [5.74, 6) is -0.344. The monoisotopic (exact) mass is 450 g/mol. The van der Waals surface area contributed by atoms with Gasteiger partial charge in [0.1, 0.15) is 11.5 Å². The van der Waals surface area contributed by atoms with Gasteiger partial charge in [0.05, 0.1) is 18.2 Å². The first-order valence-corrected chi connectivity index (χ1v) is 11.5. The molecular formula is C27H34N2O4. The molecule has 0 spiro atoms. The number of hydrogen-bond donors (Lipinski definition) is 1. The van der Waals surface area contributed by atoms with Gasteiger partial charge in [0.25, 0.3) is 11.7 Å². The summed E-state index contributed by atoms with van der Waals surface area (Å²) in [6.07, 6.45) is 0.897. The summed E-state index contributed by atoms with van der Waals surface area (Å²) in [4.78, 5) is 29.6. The number of carbonyl (C=O) groups excluding carboxylic acids is 2. The Hall–Kier alpha value is -3.12. The Morgan fingerprint density at radius 1 is 1.06 bits per heavy atom. The minimum atomic E-state index is -0.657. The van der Waals surface area contributed by atoms with E-state index in [-0.39, 0.29) is 11.3 Å².